The Labute approximate surface area is 108 Å². The molecule has 1 atom stereocenters. The third kappa shape index (κ3) is 2.23. The van der Waals surface area contributed by atoms with E-state index < -0.39 is 0 Å². The third-order valence-electron chi connectivity index (χ3n) is 3.97. The summed E-state index contributed by atoms with van der Waals surface area (Å²) in [6.45, 7) is 0. The van der Waals surface area contributed by atoms with Crippen molar-refractivity contribution >= 4 is 11.0 Å². The van der Waals surface area contributed by atoms with E-state index in [1.807, 2.05) is 37.5 Å². The minimum atomic E-state index is 0.340. The quantitative estimate of drug-likeness (QED) is 0.894. The van der Waals surface area contributed by atoms with Crippen molar-refractivity contribution < 1.29 is 0 Å². The van der Waals surface area contributed by atoms with Crippen molar-refractivity contribution in [3.05, 3.63) is 36.2 Å². The fourth-order valence-electron chi connectivity index (χ4n) is 2.59. The van der Waals surface area contributed by atoms with Crippen molar-refractivity contribution in [3.63, 3.8) is 0 Å². The molecule has 1 unspecified atom stereocenters. The van der Waals surface area contributed by atoms with Gasteiger partial charge < -0.3 is 5.32 Å². The molecule has 18 heavy (non-hydrogen) atoms. The number of rotatable bonds is 4. The van der Waals surface area contributed by atoms with Gasteiger partial charge in [0.2, 0.25) is 0 Å². The van der Waals surface area contributed by atoms with E-state index in [2.05, 4.69) is 10.3 Å². The van der Waals surface area contributed by atoms with Crippen LogP contribution in [0.4, 0.5) is 0 Å². The second-order valence-corrected chi connectivity index (χ2v) is 5.16. The van der Waals surface area contributed by atoms with Crippen molar-refractivity contribution in [2.75, 3.05) is 7.05 Å². The van der Waals surface area contributed by atoms with Crippen molar-refractivity contribution in [2.24, 2.45) is 5.92 Å². The average molecular weight is 241 g/mol. The van der Waals surface area contributed by atoms with Crippen LogP contribution in [0.15, 0.2) is 30.5 Å². The van der Waals surface area contributed by atoms with E-state index in [1.54, 1.807) is 0 Å². The van der Waals surface area contributed by atoms with E-state index in [-0.39, 0.29) is 0 Å². The lowest BCUT2D eigenvalue weighted by atomic mass is 9.80. The summed E-state index contributed by atoms with van der Waals surface area (Å²) in [5, 5.41) is 3.38. The largest absolute Gasteiger partial charge is 0.312 e. The highest BCUT2D eigenvalue weighted by Crippen LogP contribution is 2.34. The summed E-state index contributed by atoms with van der Waals surface area (Å²) >= 11 is 0. The van der Waals surface area contributed by atoms with Gasteiger partial charge in [0.05, 0.1) is 29.0 Å². The topological polar surface area (TPSA) is 37.8 Å². The second kappa shape index (κ2) is 5.02. The first-order valence-electron chi connectivity index (χ1n) is 6.76. The zero-order valence-electron chi connectivity index (χ0n) is 10.8. The number of aromatic nitrogens is 2. The van der Waals surface area contributed by atoms with Crippen LogP contribution >= 0.6 is 0 Å². The fraction of sp³-hybridized carbons (Fsp3) is 0.467. The SMILES string of the molecule is CNC(CC1CCC1)c1cnc2ccccc2n1. The highest BCUT2D eigenvalue weighted by molar-refractivity contribution is 5.73. The molecule has 0 amide bonds. The summed E-state index contributed by atoms with van der Waals surface area (Å²) in [5.74, 6) is 0.871. The summed E-state index contributed by atoms with van der Waals surface area (Å²) in [6.07, 6.45) is 7.24. The van der Waals surface area contributed by atoms with Gasteiger partial charge in [0.15, 0.2) is 0 Å². The summed E-state index contributed by atoms with van der Waals surface area (Å²) < 4.78 is 0. The molecule has 0 saturated heterocycles. The molecule has 1 N–H and O–H groups in total. The third-order valence-corrected chi connectivity index (χ3v) is 3.97. The van der Waals surface area contributed by atoms with Crippen molar-refractivity contribution in [1.82, 2.24) is 15.3 Å². The molecule has 1 fully saturated rings. The van der Waals surface area contributed by atoms with Gasteiger partial charge in [-0.2, -0.15) is 0 Å². The van der Waals surface area contributed by atoms with Gasteiger partial charge in [0, 0.05) is 0 Å². The van der Waals surface area contributed by atoms with Crippen molar-refractivity contribution in [2.45, 2.75) is 31.7 Å². The molecule has 1 aromatic heterocycles. The monoisotopic (exact) mass is 241 g/mol. The lowest BCUT2D eigenvalue weighted by Crippen LogP contribution is -2.24. The molecule has 0 radical (unpaired) electrons. The van der Waals surface area contributed by atoms with E-state index in [0.717, 1.165) is 22.6 Å². The number of fused-ring (bicyclic) bond motifs is 1. The van der Waals surface area contributed by atoms with Crippen LogP contribution in [0, 0.1) is 5.92 Å². The maximum absolute atomic E-state index is 4.73. The van der Waals surface area contributed by atoms with Crippen LogP contribution in [0.5, 0.6) is 0 Å². The number of hydrogen-bond acceptors (Lipinski definition) is 3. The molecule has 1 heterocycles. The van der Waals surface area contributed by atoms with Gasteiger partial charge in [-0.3, -0.25) is 4.98 Å². The van der Waals surface area contributed by atoms with E-state index in [9.17, 15) is 0 Å². The van der Waals surface area contributed by atoms with Crippen LogP contribution < -0.4 is 5.32 Å². The molecule has 1 aliphatic rings. The Morgan fingerprint density at radius 2 is 2.06 bits per heavy atom. The standard InChI is InChI=1S/C15H19N3/c1-16-14(9-11-5-4-6-11)15-10-17-12-7-2-3-8-13(12)18-15/h2-3,7-8,10-11,14,16H,4-6,9H2,1H3. The minimum absolute atomic E-state index is 0.340. The first kappa shape index (κ1) is 11.6. The Morgan fingerprint density at radius 3 is 2.72 bits per heavy atom. The molecule has 0 bridgehead atoms. The molecule has 1 aromatic carbocycles. The molecule has 2 aromatic rings. The molecule has 94 valence electrons. The molecule has 0 spiro atoms. The van der Waals surface area contributed by atoms with Gasteiger partial charge in [-0.15, -0.1) is 0 Å². The molecule has 0 aliphatic heterocycles. The van der Waals surface area contributed by atoms with Gasteiger partial charge in [-0.05, 0) is 31.5 Å². The predicted octanol–water partition coefficient (Wildman–Crippen LogP) is 3.08. The van der Waals surface area contributed by atoms with E-state index in [1.165, 1.54) is 25.7 Å². The molecular weight excluding hydrogens is 222 g/mol. The van der Waals surface area contributed by atoms with Crippen LogP contribution in [0.25, 0.3) is 11.0 Å². The highest BCUT2D eigenvalue weighted by Gasteiger charge is 2.23. The normalized spacial score (nSPS) is 17.6. The Balaban J connectivity index is 1.86. The number of nitrogens with one attached hydrogen (secondary N) is 1. The number of hydrogen-bond donors (Lipinski definition) is 1. The number of nitrogens with zero attached hydrogens (tertiary/aromatic N) is 2. The van der Waals surface area contributed by atoms with Gasteiger partial charge in [-0.25, -0.2) is 4.98 Å². The summed E-state index contributed by atoms with van der Waals surface area (Å²) in [7, 11) is 2.01. The summed E-state index contributed by atoms with van der Waals surface area (Å²) in [5.41, 5.74) is 3.03. The lowest BCUT2D eigenvalue weighted by molar-refractivity contribution is 0.264. The van der Waals surface area contributed by atoms with Crippen LogP contribution in [-0.2, 0) is 0 Å². The number of benzene rings is 1. The van der Waals surface area contributed by atoms with Crippen LogP contribution in [0.3, 0.4) is 0 Å². The highest BCUT2D eigenvalue weighted by atomic mass is 14.9. The van der Waals surface area contributed by atoms with Gasteiger partial charge in [0.1, 0.15) is 0 Å². The minimum Gasteiger partial charge on any atom is -0.312 e. The maximum atomic E-state index is 4.73. The Morgan fingerprint density at radius 1 is 1.28 bits per heavy atom. The fourth-order valence-corrected chi connectivity index (χ4v) is 2.59. The molecule has 1 aliphatic carbocycles. The van der Waals surface area contributed by atoms with Crippen LogP contribution in [0.1, 0.15) is 37.4 Å². The lowest BCUT2D eigenvalue weighted by Gasteiger charge is -2.29. The van der Waals surface area contributed by atoms with Crippen molar-refractivity contribution in [1.29, 1.82) is 0 Å². The Kier molecular flexibility index (Phi) is 3.24. The first-order valence-corrected chi connectivity index (χ1v) is 6.76. The Hall–Kier alpha value is -1.48. The van der Waals surface area contributed by atoms with Crippen LogP contribution in [0.2, 0.25) is 0 Å². The van der Waals surface area contributed by atoms with Crippen LogP contribution in [-0.4, -0.2) is 17.0 Å². The Bertz CT molecular complexity index is 534. The van der Waals surface area contributed by atoms with E-state index >= 15 is 0 Å². The summed E-state index contributed by atoms with van der Waals surface area (Å²) in [4.78, 5) is 9.23. The smallest absolute Gasteiger partial charge is 0.0890 e. The molecule has 3 rings (SSSR count). The summed E-state index contributed by atoms with van der Waals surface area (Å²) in [6, 6.07) is 8.39. The first-order chi connectivity index (χ1) is 8.86. The van der Waals surface area contributed by atoms with E-state index in [4.69, 9.17) is 4.98 Å². The zero-order chi connectivity index (χ0) is 12.4. The molecule has 1 saturated carbocycles. The van der Waals surface area contributed by atoms with Crippen molar-refractivity contribution in [3.8, 4) is 0 Å². The molecule has 3 heteroatoms. The maximum Gasteiger partial charge on any atom is 0.0890 e. The second-order valence-electron chi connectivity index (χ2n) is 5.16. The van der Waals surface area contributed by atoms with Gasteiger partial charge in [0.25, 0.3) is 0 Å². The van der Waals surface area contributed by atoms with Gasteiger partial charge >= 0.3 is 0 Å². The average Bonchev–Trinajstić information content (AvgIpc) is 2.37. The molecule has 3 nitrogen and oxygen atoms in total. The van der Waals surface area contributed by atoms with Gasteiger partial charge in [-0.1, -0.05) is 31.4 Å². The number of para-hydroxylation sites is 2. The van der Waals surface area contributed by atoms with E-state index in [0.29, 0.717) is 6.04 Å². The molecular formula is C15H19N3. The predicted molar refractivity (Wildman–Crippen MR) is 73.3 cm³/mol. The zero-order valence-corrected chi connectivity index (χ0v) is 10.8.